The van der Waals surface area contributed by atoms with Crippen molar-refractivity contribution in [2.75, 3.05) is 33.8 Å². The molecule has 0 bridgehead atoms. The van der Waals surface area contributed by atoms with Crippen LogP contribution in [-0.2, 0) is 25.7 Å². The molecule has 2 aromatic rings. The SMILES string of the molecule is CN1CC(=O)N2CCCC2COc2ccc(F)cc2C(=O)N(C)C(C(=O)OCc2ccccc2)CCC1=O. The summed E-state index contributed by atoms with van der Waals surface area (Å²) in [7, 11) is 2.95. The largest absolute Gasteiger partial charge is 0.491 e. The molecule has 0 aromatic heterocycles. The number of esters is 1. The summed E-state index contributed by atoms with van der Waals surface area (Å²) in [6.07, 6.45) is 1.37. The second kappa shape index (κ2) is 12.1. The molecule has 38 heavy (non-hydrogen) atoms. The molecule has 10 heteroatoms. The monoisotopic (exact) mass is 525 g/mol. The number of rotatable bonds is 3. The summed E-state index contributed by atoms with van der Waals surface area (Å²) >= 11 is 0. The number of carbonyl (C=O) groups excluding carboxylic acids is 4. The third-order valence-corrected chi connectivity index (χ3v) is 7.01. The average molecular weight is 526 g/mol. The van der Waals surface area contributed by atoms with Gasteiger partial charge in [-0.1, -0.05) is 30.3 Å². The molecule has 202 valence electrons. The van der Waals surface area contributed by atoms with Crippen LogP contribution in [0.2, 0.25) is 0 Å². The highest BCUT2D eigenvalue weighted by atomic mass is 19.1. The highest BCUT2D eigenvalue weighted by molar-refractivity contribution is 5.99. The Morgan fingerprint density at radius 1 is 1.05 bits per heavy atom. The molecular weight excluding hydrogens is 493 g/mol. The smallest absolute Gasteiger partial charge is 0.329 e. The fourth-order valence-electron chi connectivity index (χ4n) is 4.78. The minimum Gasteiger partial charge on any atom is -0.491 e. The Balaban J connectivity index is 1.63. The standard InChI is InChI=1S/C28H32FN3O6/c1-30-16-26(34)32-14-6-9-21(32)18-37-24-12-10-20(29)15-22(24)27(35)31(2)23(11-13-25(30)33)28(36)38-17-19-7-4-3-5-8-19/h3-5,7-8,10,12,15,21,23H,6,9,11,13-14,16-18H2,1-2H3. The van der Waals surface area contributed by atoms with Crippen LogP contribution >= 0.6 is 0 Å². The van der Waals surface area contributed by atoms with E-state index in [1.807, 2.05) is 18.2 Å². The Morgan fingerprint density at radius 2 is 1.82 bits per heavy atom. The molecule has 2 aliphatic heterocycles. The highest BCUT2D eigenvalue weighted by Crippen LogP contribution is 2.26. The first-order chi connectivity index (χ1) is 18.2. The Morgan fingerprint density at radius 3 is 2.58 bits per heavy atom. The number of amides is 3. The van der Waals surface area contributed by atoms with E-state index in [1.54, 1.807) is 17.0 Å². The molecular formula is C28H32FN3O6. The number of hydrogen-bond donors (Lipinski definition) is 0. The lowest BCUT2D eigenvalue weighted by atomic mass is 10.1. The number of likely N-dealkylation sites (N-methyl/N-ethyl adjacent to an activating group) is 2. The van der Waals surface area contributed by atoms with Crippen LogP contribution in [-0.4, -0.2) is 84.3 Å². The van der Waals surface area contributed by atoms with E-state index in [-0.39, 0.29) is 61.8 Å². The zero-order chi connectivity index (χ0) is 27.2. The van der Waals surface area contributed by atoms with Crippen LogP contribution in [0.1, 0.15) is 41.6 Å². The fraction of sp³-hybridized carbons (Fsp3) is 0.429. The van der Waals surface area contributed by atoms with Crippen molar-refractivity contribution in [1.29, 1.82) is 0 Å². The van der Waals surface area contributed by atoms with E-state index in [9.17, 15) is 23.6 Å². The number of fused-ring (bicyclic) bond motifs is 2. The van der Waals surface area contributed by atoms with Crippen LogP contribution in [0.25, 0.3) is 0 Å². The third kappa shape index (κ3) is 6.30. The Hall–Kier alpha value is -3.95. The van der Waals surface area contributed by atoms with Gasteiger partial charge in [-0.3, -0.25) is 14.4 Å². The minimum absolute atomic E-state index is 0.00783. The minimum atomic E-state index is -1.12. The number of hydrogen-bond acceptors (Lipinski definition) is 6. The van der Waals surface area contributed by atoms with Gasteiger partial charge >= 0.3 is 5.97 Å². The Kier molecular flexibility index (Phi) is 8.60. The van der Waals surface area contributed by atoms with Gasteiger partial charge in [0, 0.05) is 27.1 Å². The Bertz CT molecular complexity index is 1190. The van der Waals surface area contributed by atoms with Crippen molar-refractivity contribution in [2.45, 2.75) is 44.4 Å². The topological polar surface area (TPSA) is 96.5 Å². The lowest BCUT2D eigenvalue weighted by molar-refractivity contribution is -0.150. The molecule has 9 nitrogen and oxygen atoms in total. The first kappa shape index (κ1) is 27.1. The van der Waals surface area contributed by atoms with E-state index >= 15 is 0 Å². The first-order valence-corrected chi connectivity index (χ1v) is 12.7. The van der Waals surface area contributed by atoms with E-state index < -0.39 is 23.7 Å². The Labute approximate surface area is 221 Å². The third-order valence-electron chi connectivity index (χ3n) is 7.01. The molecule has 0 saturated carbocycles. The summed E-state index contributed by atoms with van der Waals surface area (Å²) in [6, 6.07) is 11.3. The molecule has 2 heterocycles. The van der Waals surface area contributed by atoms with Gasteiger partial charge < -0.3 is 24.2 Å². The van der Waals surface area contributed by atoms with Crippen molar-refractivity contribution in [3.63, 3.8) is 0 Å². The van der Waals surface area contributed by atoms with Crippen LogP contribution in [0.15, 0.2) is 48.5 Å². The van der Waals surface area contributed by atoms with Gasteiger partial charge in [0.25, 0.3) is 5.91 Å². The molecule has 3 amide bonds. The van der Waals surface area contributed by atoms with Crippen molar-refractivity contribution < 1.29 is 33.0 Å². The molecule has 4 rings (SSSR count). The van der Waals surface area contributed by atoms with Crippen LogP contribution in [0.3, 0.4) is 0 Å². The number of ether oxygens (including phenoxy) is 2. The summed E-state index contributed by atoms with van der Waals surface area (Å²) in [5, 5.41) is 0. The molecule has 1 saturated heterocycles. The zero-order valence-electron chi connectivity index (χ0n) is 21.6. The maximum absolute atomic E-state index is 14.2. The molecule has 2 aliphatic rings. The summed E-state index contributed by atoms with van der Waals surface area (Å²) in [5.74, 6) is -2.36. The van der Waals surface area contributed by atoms with Gasteiger partial charge in [0.2, 0.25) is 11.8 Å². The van der Waals surface area contributed by atoms with Crippen LogP contribution in [0, 0.1) is 5.82 Å². The van der Waals surface area contributed by atoms with E-state index in [1.165, 1.54) is 31.1 Å². The molecule has 0 radical (unpaired) electrons. The van der Waals surface area contributed by atoms with Gasteiger partial charge in [-0.15, -0.1) is 0 Å². The van der Waals surface area contributed by atoms with E-state index in [4.69, 9.17) is 9.47 Å². The maximum Gasteiger partial charge on any atom is 0.329 e. The van der Waals surface area contributed by atoms with Gasteiger partial charge in [0.05, 0.1) is 18.2 Å². The quantitative estimate of drug-likeness (QED) is 0.572. The zero-order valence-corrected chi connectivity index (χ0v) is 21.6. The second-order valence-corrected chi connectivity index (χ2v) is 9.65. The van der Waals surface area contributed by atoms with E-state index in [0.717, 1.165) is 23.0 Å². The lowest BCUT2D eigenvalue weighted by Gasteiger charge is -2.28. The van der Waals surface area contributed by atoms with Crippen molar-refractivity contribution in [3.05, 3.63) is 65.5 Å². The van der Waals surface area contributed by atoms with Gasteiger partial charge in [0.1, 0.15) is 30.8 Å². The van der Waals surface area contributed by atoms with Crippen molar-refractivity contribution in [2.24, 2.45) is 0 Å². The normalized spacial score (nSPS) is 21.2. The molecule has 2 unspecified atom stereocenters. The molecule has 0 spiro atoms. The lowest BCUT2D eigenvalue weighted by Crippen LogP contribution is -2.45. The van der Waals surface area contributed by atoms with Crippen LogP contribution in [0.5, 0.6) is 5.75 Å². The van der Waals surface area contributed by atoms with E-state index in [2.05, 4.69) is 0 Å². The maximum atomic E-state index is 14.2. The molecule has 2 aromatic carbocycles. The molecule has 2 atom stereocenters. The molecule has 0 aliphatic carbocycles. The van der Waals surface area contributed by atoms with Crippen molar-refractivity contribution in [1.82, 2.24) is 14.7 Å². The predicted molar refractivity (Wildman–Crippen MR) is 136 cm³/mol. The summed E-state index contributed by atoms with van der Waals surface area (Å²) < 4.78 is 25.7. The van der Waals surface area contributed by atoms with Gasteiger partial charge in [-0.25, -0.2) is 9.18 Å². The predicted octanol–water partition coefficient (Wildman–Crippen LogP) is 2.63. The van der Waals surface area contributed by atoms with Crippen LogP contribution < -0.4 is 4.74 Å². The molecule has 0 N–H and O–H groups in total. The summed E-state index contributed by atoms with van der Waals surface area (Å²) in [6.45, 7) is 0.546. The summed E-state index contributed by atoms with van der Waals surface area (Å²) in [4.78, 5) is 56.8. The van der Waals surface area contributed by atoms with Gasteiger partial charge in [-0.05, 0) is 43.0 Å². The number of carbonyl (C=O) groups is 4. The summed E-state index contributed by atoms with van der Waals surface area (Å²) in [5.41, 5.74) is 0.713. The first-order valence-electron chi connectivity index (χ1n) is 12.7. The van der Waals surface area contributed by atoms with Crippen molar-refractivity contribution >= 4 is 23.7 Å². The van der Waals surface area contributed by atoms with Crippen LogP contribution in [0.4, 0.5) is 4.39 Å². The molecule has 1 fully saturated rings. The average Bonchev–Trinajstić information content (AvgIpc) is 3.39. The fourth-order valence-corrected chi connectivity index (χ4v) is 4.78. The number of benzene rings is 2. The number of halogens is 1. The van der Waals surface area contributed by atoms with Crippen molar-refractivity contribution in [3.8, 4) is 5.75 Å². The van der Waals surface area contributed by atoms with Gasteiger partial charge in [-0.2, -0.15) is 0 Å². The highest BCUT2D eigenvalue weighted by Gasteiger charge is 2.34. The second-order valence-electron chi connectivity index (χ2n) is 9.65. The van der Waals surface area contributed by atoms with Gasteiger partial charge in [0.15, 0.2) is 0 Å². The van der Waals surface area contributed by atoms with E-state index in [0.29, 0.717) is 13.0 Å². The number of nitrogens with zero attached hydrogens (tertiary/aromatic N) is 3.